The number of hydrogen-bond acceptors (Lipinski definition) is 7. The third-order valence-corrected chi connectivity index (χ3v) is 3.93. The van der Waals surface area contributed by atoms with Gasteiger partial charge in [-0.05, 0) is 48.9 Å². The van der Waals surface area contributed by atoms with Gasteiger partial charge in [-0.2, -0.15) is 5.10 Å². The number of nitrogens with zero attached hydrogens (tertiary/aromatic N) is 1. The minimum atomic E-state index is -0.474. The molecule has 9 nitrogen and oxygen atoms in total. The van der Waals surface area contributed by atoms with Crippen LogP contribution in [0.3, 0.4) is 0 Å². The van der Waals surface area contributed by atoms with Gasteiger partial charge < -0.3 is 24.3 Å². The van der Waals surface area contributed by atoms with E-state index in [1.165, 1.54) is 39.7 Å². The van der Waals surface area contributed by atoms with E-state index in [1.54, 1.807) is 0 Å². The van der Waals surface area contributed by atoms with Crippen LogP contribution in [0.2, 0.25) is 0 Å². The average molecular weight is 415 g/mol. The van der Waals surface area contributed by atoms with E-state index in [0.717, 1.165) is 11.3 Å². The van der Waals surface area contributed by atoms with E-state index in [4.69, 9.17) is 18.9 Å². The Morgan fingerprint density at radius 3 is 2.17 bits per heavy atom. The van der Waals surface area contributed by atoms with Crippen LogP contribution in [0, 0.1) is 0 Å². The van der Waals surface area contributed by atoms with Crippen molar-refractivity contribution in [1.29, 1.82) is 0 Å². The van der Waals surface area contributed by atoms with Gasteiger partial charge in [0.15, 0.2) is 11.5 Å². The fourth-order valence-corrected chi connectivity index (χ4v) is 2.51. The molecule has 9 heteroatoms. The molecule has 0 bridgehead atoms. The van der Waals surface area contributed by atoms with Gasteiger partial charge in [0.05, 0.1) is 40.7 Å². The Morgan fingerprint density at radius 2 is 1.63 bits per heavy atom. The summed E-state index contributed by atoms with van der Waals surface area (Å²) in [4.78, 5) is 24.3. The second kappa shape index (κ2) is 11.3. The van der Waals surface area contributed by atoms with Crippen LogP contribution in [0.15, 0.2) is 41.5 Å². The summed E-state index contributed by atoms with van der Waals surface area (Å²) in [6.07, 6.45) is 1.49. The fraction of sp³-hybridized carbons (Fsp3) is 0.286. The van der Waals surface area contributed by atoms with Crippen molar-refractivity contribution >= 4 is 18.0 Å². The first kappa shape index (κ1) is 22.5. The monoisotopic (exact) mass is 415 g/mol. The molecular formula is C21H25N3O6. The van der Waals surface area contributed by atoms with Gasteiger partial charge in [-0.3, -0.25) is 9.59 Å². The number of ether oxygens (including phenoxy) is 4. The summed E-state index contributed by atoms with van der Waals surface area (Å²) in [5.74, 6) is 0.863. The van der Waals surface area contributed by atoms with E-state index in [0.29, 0.717) is 23.9 Å². The standard InChI is InChI=1S/C21H25N3O6/c1-5-30-16-8-6-14(7-9-16)12-23-24-19(25)13-22-21(26)15-10-17(27-2)20(29-4)18(11-15)28-3/h6-12H,5,13H2,1-4H3,(H,22,26)(H,24,25)/b23-12-. The number of carbonyl (C=O) groups is 2. The van der Waals surface area contributed by atoms with Crippen molar-refractivity contribution in [2.24, 2.45) is 5.10 Å². The van der Waals surface area contributed by atoms with Crippen LogP contribution in [0.4, 0.5) is 0 Å². The number of hydrazone groups is 1. The maximum Gasteiger partial charge on any atom is 0.259 e. The van der Waals surface area contributed by atoms with Crippen molar-refractivity contribution in [3.05, 3.63) is 47.5 Å². The number of amides is 2. The van der Waals surface area contributed by atoms with Crippen LogP contribution in [0.5, 0.6) is 23.0 Å². The molecular weight excluding hydrogens is 390 g/mol. The second-order valence-corrected chi connectivity index (χ2v) is 5.89. The zero-order valence-corrected chi connectivity index (χ0v) is 17.4. The molecule has 0 unspecified atom stereocenters. The van der Waals surface area contributed by atoms with Gasteiger partial charge in [-0.15, -0.1) is 0 Å². The Balaban J connectivity index is 1.90. The van der Waals surface area contributed by atoms with E-state index >= 15 is 0 Å². The maximum atomic E-state index is 12.4. The Morgan fingerprint density at radius 1 is 1.00 bits per heavy atom. The molecule has 30 heavy (non-hydrogen) atoms. The molecule has 2 aromatic carbocycles. The Labute approximate surface area is 175 Å². The number of rotatable bonds is 10. The second-order valence-electron chi connectivity index (χ2n) is 5.89. The predicted molar refractivity (Wildman–Crippen MR) is 112 cm³/mol. The van der Waals surface area contributed by atoms with E-state index in [9.17, 15) is 9.59 Å². The number of hydrogen-bond donors (Lipinski definition) is 2. The highest BCUT2D eigenvalue weighted by molar-refractivity contribution is 5.97. The number of benzene rings is 2. The lowest BCUT2D eigenvalue weighted by molar-refractivity contribution is -0.120. The summed E-state index contributed by atoms with van der Waals surface area (Å²) in [5.41, 5.74) is 3.41. The van der Waals surface area contributed by atoms with Crippen LogP contribution in [0.25, 0.3) is 0 Å². The zero-order valence-electron chi connectivity index (χ0n) is 17.4. The molecule has 2 N–H and O–H groups in total. The molecule has 160 valence electrons. The molecule has 2 amide bonds. The van der Waals surface area contributed by atoms with Crippen molar-refractivity contribution in [3.8, 4) is 23.0 Å². The summed E-state index contributed by atoms with van der Waals surface area (Å²) in [6.45, 7) is 2.24. The van der Waals surface area contributed by atoms with Crippen LogP contribution >= 0.6 is 0 Å². The van der Waals surface area contributed by atoms with Gasteiger partial charge in [0.2, 0.25) is 5.75 Å². The summed E-state index contributed by atoms with van der Waals surface area (Å²) in [5, 5.41) is 6.39. The Kier molecular flexibility index (Phi) is 8.49. The van der Waals surface area contributed by atoms with E-state index < -0.39 is 11.8 Å². The largest absolute Gasteiger partial charge is 0.494 e. The molecule has 2 rings (SSSR count). The van der Waals surface area contributed by atoms with Gasteiger partial charge in [0.1, 0.15) is 5.75 Å². The van der Waals surface area contributed by atoms with Crippen LogP contribution in [-0.2, 0) is 4.79 Å². The minimum Gasteiger partial charge on any atom is -0.494 e. The maximum absolute atomic E-state index is 12.4. The molecule has 0 atom stereocenters. The fourth-order valence-electron chi connectivity index (χ4n) is 2.51. The molecule has 0 aliphatic rings. The first-order valence-electron chi connectivity index (χ1n) is 9.15. The highest BCUT2D eigenvalue weighted by Crippen LogP contribution is 2.38. The smallest absolute Gasteiger partial charge is 0.259 e. The van der Waals surface area contributed by atoms with Gasteiger partial charge in [0, 0.05) is 5.56 Å². The van der Waals surface area contributed by atoms with Crippen molar-refractivity contribution in [2.45, 2.75) is 6.92 Å². The topological polar surface area (TPSA) is 107 Å². The molecule has 0 aliphatic carbocycles. The van der Waals surface area contributed by atoms with Crippen molar-refractivity contribution < 1.29 is 28.5 Å². The average Bonchev–Trinajstić information content (AvgIpc) is 2.77. The summed E-state index contributed by atoms with van der Waals surface area (Å²) in [6, 6.07) is 10.2. The van der Waals surface area contributed by atoms with E-state index in [1.807, 2.05) is 31.2 Å². The van der Waals surface area contributed by atoms with Crippen LogP contribution in [-0.4, -0.2) is 52.5 Å². The Bertz CT molecular complexity index is 871. The van der Waals surface area contributed by atoms with E-state index in [2.05, 4.69) is 15.8 Å². The molecule has 0 heterocycles. The number of carbonyl (C=O) groups excluding carboxylic acids is 2. The van der Waals surface area contributed by atoms with Gasteiger partial charge in [-0.1, -0.05) is 0 Å². The molecule has 0 fully saturated rings. The zero-order chi connectivity index (χ0) is 21.9. The molecule has 0 radical (unpaired) electrons. The normalized spacial score (nSPS) is 10.4. The lowest BCUT2D eigenvalue weighted by atomic mass is 10.1. The SMILES string of the molecule is CCOc1ccc(/C=N\NC(=O)CNC(=O)c2cc(OC)c(OC)c(OC)c2)cc1. The number of nitrogens with one attached hydrogen (secondary N) is 2. The molecule has 0 saturated carbocycles. The lowest BCUT2D eigenvalue weighted by Crippen LogP contribution is -2.34. The predicted octanol–water partition coefficient (Wildman–Crippen LogP) is 1.99. The van der Waals surface area contributed by atoms with Crippen LogP contribution in [0.1, 0.15) is 22.8 Å². The molecule has 0 saturated heterocycles. The minimum absolute atomic E-state index is 0.254. The van der Waals surface area contributed by atoms with Crippen molar-refractivity contribution in [2.75, 3.05) is 34.5 Å². The third kappa shape index (κ3) is 6.13. The summed E-state index contributed by atoms with van der Waals surface area (Å²) in [7, 11) is 4.38. The summed E-state index contributed by atoms with van der Waals surface area (Å²) >= 11 is 0. The van der Waals surface area contributed by atoms with Gasteiger partial charge >= 0.3 is 0 Å². The van der Waals surface area contributed by atoms with Crippen molar-refractivity contribution in [1.82, 2.24) is 10.7 Å². The highest BCUT2D eigenvalue weighted by Gasteiger charge is 2.17. The summed E-state index contributed by atoms with van der Waals surface area (Å²) < 4.78 is 21.0. The van der Waals surface area contributed by atoms with E-state index in [-0.39, 0.29) is 12.1 Å². The Hall–Kier alpha value is -3.75. The quantitative estimate of drug-likeness (QED) is 0.454. The highest BCUT2D eigenvalue weighted by atomic mass is 16.5. The van der Waals surface area contributed by atoms with Gasteiger partial charge in [0.25, 0.3) is 11.8 Å². The van der Waals surface area contributed by atoms with Gasteiger partial charge in [-0.25, -0.2) is 5.43 Å². The molecule has 0 aliphatic heterocycles. The lowest BCUT2D eigenvalue weighted by Gasteiger charge is -2.14. The first-order valence-corrected chi connectivity index (χ1v) is 9.15. The van der Waals surface area contributed by atoms with Crippen LogP contribution < -0.4 is 29.7 Å². The molecule has 0 aromatic heterocycles. The third-order valence-electron chi connectivity index (χ3n) is 3.93. The van der Waals surface area contributed by atoms with Crippen molar-refractivity contribution in [3.63, 3.8) is 0 Å². The number of methoxy groups -OCH3 is 3. The molecule has 2 aromatic rings. The first-order chi connectivity index (χ1) is 14.5. The molecule has 0 spiro atoms.